The zero-order valence-corrected chi connectivity index (χ0v) is 20.8. The van der Waals surface area contributed by atoms with Gasteiger partial charge in [-0.1, -0.05) is 18.2 Å². The van der Waals surface area contributed by atoms with Gasteiger partial charge < -0.3 is 24.1 Å². The average molecular weight is 499 g/mol. The molecule has 0 saturated heterocycles. The van der Waals surface area contributed by atoms with Gasteiger partial charge in [-0.3, -0.25) is 14.4 Å². The first-order valence-corrected chi connectivity index (χ1v) is 11.9. The predicted molar refractivity (Wildman–Crippen MR) is 140 cm³/mol. The Morgan fingerprint density at radius 3 is 2.46 bits per heavy atom. The lowest BCUT2D eigenvalue weighted by molar-refractivity contribution is -0.116. The van der Waals surface area contributed by atoms with Crippen molar-refractivity contribution in [1.82, 2.24) is 4.57 Å². The van der Waals surface area contributed by atoms with Gasteiger partial charge in [0.1, 0.15) is 25.5 Å². The van der Waals surface area contributed by atoms with E-state index in [0.717, 1.165) is 11.1 Å². The molecule has 0 unspecified atom stereocenters. The number of hydrogen-bond acceptors (Lipinski definition) is 6. The minimum Gasteiger partial charge on any atom is -0.497 e. The molecule has 0 radical (unpaired) electrons. The van der Waals surface area contributed by atoms with Crippen LogP contribution in [0.1, 0.15) is 27.0 Å². The van der Waals surface area contributed by atoms with Crippen molar-refractivity contribution >= 4 is 28.3 Å². The SMILES string of the molecule is COc1cccc(NC(=O)Cn2cc(C(=O)c3ccc(C)c(C)c3)c(=O)c3cc4c(cc32)OCCO4)c1. The number of fused-ring (bicyclic) bond motifs is 2. The highest BCUT2D eigenvalue weighted by molar-refractivity contribution is 6.10. The molecule has 1 aliphatic rings. The van der Waals surface area contributed by atoms with Crippen molar-refractivity contribution in [3.63, 3.8) is 0 Å². The summed E-state index contributed by atoms with van der Waals surface area (Å²) in [6.07, 6.45) is 1.45. The summed E-state index contributed by atoms with van der Waals surface area (Å²) in [6, 6.07) is 15.6. The highest BCUT2D eigenvalue weighted by atomic mass is 16.6. The molecule has 8 nitrogen and oxygen atoms in total. The van der Waals surface area contributed by atoms with Crippen LogP contribution in [0.3, 0.4) is 0 Å². The predicted octanol–water partition coefficient (Wildman–Crippen LogP) is 4.27. The highest BCUT2D eigenvalue weighted by Crippen LogP contribution is 2.34. The number of benzene rings is 3. The monoisotopic (exact) mass is 498 g/mol. The van der Waals surface area contributed by atoms with Gasteiger partial charge in [0.05, 0.1) is 23.6 Å². The summed E-state index contributed by atoms with van der Waals surface area (Å²) in [5.41, 5.74) is 2.97. The molecule has 0 aliphatic carbocycles. The number of nitrogens with one attached hydrogen (secondary N) is 1. The first-order valence-electron chi connectivity index (χ1n) is 11.9. The van der Waals surface area contributed by atoms with E-state index in [2.05, 4.69) is 5.32 Å². The minimum atomic E-state index is -0.431. The van der Waals surface area contributed by atoms with Crippen LogP contribution in [0.25, 0.3) is 10.9 Å². The molecule has 0 spiro atoms. The molecular weight excluding hydrogens is 472 g/mol. The number of hydrogen-bond donors (Lipinski definition) is 1. The second-order valence-electron chi connectivity index (χ2n) is 8.92. The van der Waals surface area contributed by atoms with Crippen molar-refractivity contribution in [3.8, 4) is 17.2 Å². The van der Waals surface area contributed by atoms with E-state index < -0.39 is 11.2 Å². The molecule has 8 heteroatoms. The molecule has 188 valence electrons. The van der Waals surface area contributed by atoms with Gasteiger partial charge in [-0.25, -0.2) is 0 Å². The van der Waals surface area contributed by atoms with Gasteiger partial charge in [0.2, 0.25) is 11.3 Å². The normalized spacial score (nSPS) is 12.3. The smallest absolute Gasteiger partial charge is 0.244 e. The van der Waals surface area contributed by atoms with E-state index in [1.807, 2.05) is 19.9 Å². The van der Waals surface area contributed by atoms with E-state index in [0.29, 0.717) is 47.2 Å². The van der Waals surface area contributed by atoms with Gasteiger partial charge in [0.15, 0.2) is 17.3 Å². The summed E-state index contributed by atoms with van der Waals surface area (Å²) < 4.78 is 18.2. The van der Waals surface area contributed by atoms with Gasteiger partial charge in [0, 0.05) is 29.6 Å². The van der Waals surface area contributed by atoms with Crippen molar-refractivity contribution in [3.05, 3.63) is 93.3 Å². The number of carbonyl (C=O) groups excluding carboxylic acids is 2. The Balaban J connectivity index is 1.59. The second kappa shape index (κ2) is 9.81. The molecule has 4 aromatic rings. The van der Waals surface area contributed by atoms with Crippen LogP contribution in [0.4, 0.5) is 5.69 Å². The molecule has 1 aliphatic heterocycles. The fourth-order valence-electron chi connectivity index (χ4n) is 4.31. The van der Waals surface area contributed by atoms with Gasteiger partial charge in [-0.05, 0) is 49.2 Å². The van der Waals surface area contributed by atoms with E-state index in [1.165, 1.54) is 6.20 Å². The fraction of sp³-hybridized carbons (Fsp3) is 0.207. The Morgan fingerprint density at radius 1 is 0.973 bits per heavy atom. The zero-order chi connectivity index (χ0) is 26.1. The Labute approximate surface area is 213 Å². The summed E-state index contributed by atoms with van der Waals surface area (Å²) in [4.78, 5) is 40.1. The maximum atomic E-state index is 13.5. The van der Waals surface area contributed by atoms with Crippen LogP contribution in [0.2, 0.25) is 0 Å². The quantitative estimate of drug-likeness (QED) is 0.399. The van der Waals surface area contributed by atoms with E-state index in [-0.39, 0.29) is 23.4 Å². The number of anilines is 1. The molecule has 37 heavy (non-hydrogen) atoms. The third-order valence-corrected chi connectivity index (χ3v) is 6.43. The highest BCUT2D eigenvalue weighted by Gasteiger charge is 2.22. The standard InChI is InChI=1S/C29H26N2O6/c1-17-7-8-19(11-18(17)2)28(33)23-15-31(16-27(32)30-20-5-4-6-21(12-20)35-3)24-14-26-25(36-9-10-37-26)13-22(24)29(23)34/h4-8,11-15H,9-10,16H2,1-3H3,(H,30,32). The number of ketones is 1. The number of aromatic nitrogens is 1. The van der Waals surface area contributed by atoms with Gasteiger partial charge in [-0.2, -0.15) is 0 Å². The molecular formula is C29H26N2O6. The molecule has 5 rings (SSSR count). The maximum Gasteiger partial charge on any atom is 0.244 e. The van der Waals surface area contributed by atoms with Crippen LogP contribution in [0, 0.1) is 13.8 Å². The first kappa shape index (κ1) is 24.1. The molecule has 3 aromatic carbocycles. The van der Waals surface area contributed by atoms with Crippen LogP contribution in [-0.2, 0) is 11.3 Å². The fourth-order valence-corrected chi connectivity index (χ4v) is 4.31. The van der Waals surface area contributed by atoms with Crippen LogP contribution in [0.15, 0.2) is 65.6 Å². The number of carbonyl (C=O) groups is 2. The number of rotatable bonds is 6. The lowest BCUT2D eigenvalue weighted by atomic mass is 9.98. The number of pyridine rings is 1. The molecule has 0 atom stereocenters. The van der Waals surface area contributed by atoms with Crippen LogP contribution >= 0.6 is 0 Å². The first-order chi connectivity index (χ1) is 17.8. The Morgan fingerprint density at radius 2 is 1.73 bits per heavy atom. The average Bonchev–Trinajstić information content (AvgIpc) is 2.90. The number of amides is 1. The van der Waals surface area contributed by atoms with E-state index in [4.69, 9.17) is 14.2 Å². The summed E-state index contributed by atoms with van der Waals surface area (Å²) in [7, 11) is 1.55. The Bertz CT molecular complexity index is 1600. The summed E-state index contributed by atoms with van der Waals surface area (Å²) in [5.74, 6) is 0.772. The van der Waals surface area contributed by atoms with Gasteiger partial charge in [-0.15, -0.1) is 0 Å². The summed E-state index contributed by atoms with van der Waals surface area (Å²) >= 11 is 0. The molecule has 1 N–H and O–H groups in total. The number of nitrogens with zero attached hydrogens (tertiary/aromatic N) is 1. The van der Waals surface area contributed by atoms with Crippen LogP contribution in [-0.4, -0.2) is 36.6 Å². The van der Waals surface area contributed by atoms with Crippen molar-refractivity contribution < 1.29 is 23.8 Å². The maximum absolute atomic E-state index is 13.5. The lowest BCUT2D eigenvalue weighted by Crippen LogP contribution is -2.25. The van der Waals surface area contributed by atoms with Gasteiger partial charge in [0.25, 0.3) is 0 Å². The van der Waals surface area contributed by atoms with E-state index in [1.54, 1.807) is 60.2 Å². The Kier molecular flexibility index (Phi) is 6.40. The topological polar surface area (TPSA) is 95.9 Å². The van der Waals surface area contributed by atoms with Crippen molar-refractivity contribution in [2.24, 2.45) is 0 Å². The summed E-state index contributed by atoms with van der Waals surface area (Å²) in [5, 5.41) is 3.11. The van der Waals surface area contributed by atoms with Crippen LogP contribution < -0.4 is 25.0 Å². The molecule has 1 amide bonds. The third-order valence-electron chi connectivity index (χ3n) is 6.43. The molecule has 1 aromatic heterocycles. The molecule has 2 heterocycles. The van der Waals surface area contributed by atoms with Crippen molar-refractivity contribution in [1.29, 1.82) is 0 Å². The van der Waals surface area contributed by atoms with Crippen LogP contribution in [0.5, 0.6) is 17.2 Å². The number of ether oxygens (including phenoxy) is 3. The largest absolute Gasteiger partial charge is 0.497 e. The minimum absolute atomic E-state index is 0.0263. The lowest BCUT2D eigenvalue weighted by Gasteiger charge is -2.20. The van der Waals surface area contributed by atoms with Crippen molar-refractivity contribution in [2.45, 2.75) is 20.4 Å². The van der Waals surface area contributed by atoms with E-state index >= 15 is 0 Å². The molecule has 0 saturated carbocycles. The van der Waals surface area contributed by atoms with E-state index in [9.17, 15) is 14.4 Å². The van der Waals surface area contributed by atoms with Gasteiger partial charge >= 0.3 is 0 Å². The molecule has 0 fully saturated rings. The van der Waals surface area contributed by atoms with Crippen molar-refractivity contribution in [2.75, 3.05) is 25.6 Å². The molecule has 0 bridgehead atoms. The second-order valence-corrected chi connectivity index (χ2v) is 8.92. The third kappa shape index (κ3) is 4.78. The number of aryl methyl sites for hydroxylation is 2. The Hall–Kier alpha value is -4.59. The number of methoxy groups -OCH3 is 1. The summed E-state index contributed by atoms with van der Waals surface area (Å²) in [6.45, 7) is 4.47. The zero-order valence-electron chi connectivity index (χ0n) is 20.8.